The number of ether oxygens (including phenoxy) is 1. The number of nitrogens with one attached hydrogen (secondary N) is 1. The van der Waals surface area contributed by atoms with Crippen molar-refractivity contribution in [2.24, 2.45) is 0 Å². The standard InChI is InChI=1S/C22H30N2O2S/c1-18(11-12-19-7-3-2-4-8-19)23-22(25)17-24(15-20-9-5-13-26-20)16-21-10-6-14-27-21/h2-4,6-8,10,14,18,20H,5,9,11-13,15-17H2,1H3,(H,23,25). The summed E-state index contributed by atoms with van der Waals surface area (Å²) in [7, 11) is 0. The average molecular weight is 387 g/mol. The van der Waals surface area contributed by atoms with Gasteiger partial charge in [0.15, 0.2) is 0 Å². The summed E-state index contributed by atoms with van der Waals surface area (Å²) in [5.74, 6) is 0.102. The summed E-state index contributed by atoms with van der Waals surface area (Å²) >= 11 is 1.74. The van der Waals surface area contributed by atoms with Gasteiger partial charge in [-0.1, -0.05) is 36.4 Å². The molecule has 0 spiro atoms. The van der Waals surface area contributed by atoms with Gasteiger partial charge in [0.25, 0.3) is 0 Å². The second-order valence-corrected chi connectivity index (χ2v) is 8.41. The Kier molecular flexibility index (Phi) is 7.87. The zero-order valence-electron chi connectivity index (χ0n) is 16.1. The van der Waals surface area contributed by atoms with Crippen molar-refractivity contribution >= 4 is 17.2 Å². The van der Waals surface area contributed by atoms with Gasteiger partial charge in [0.05, 0.1) is 12.6 Å². The zero-order chi connectivity index (χ0) is 18.9. The summed E-state index contributed by atoms with van der Waals surface area (Å²) in [6, 6.07) is 14.8. The maximum Gasteiger partial charge on any atom is 0.234 e. The summed E-state index contributed by atoms with van der Waals surface area (Å²) < 4.78 is 5.78. The van der Waals surface area contributed by atoms with E-state index in [2.05, 4.69) is 58.9 Å². The molecule has 1 aliphatic heterocycles. The minimum absolute atomic E-state index is 0.102. The Balaban J connectivity index is 1.46. The summed E-state index contributed by atoms with van der Waals surface area (Å²) in [6.45, 7) is 4.99. The number of carbonyl (C=O) groups excluding carboxylic acids is 1. The Bertz CT molecular complexity index is 669. The van der Waals surface area contributed by atoms with Crippen molar-refractivity contribution in [2.75, 3.05) is 19.7 Å². The molecule has 146 valence electrons. The molecule has 4 nitrogen and oxygen atoms in total. The molecule has 0 bridgehead atoms. The summed E-state index contributed by atoms with van der Waals surface area (Å²) in [6.07, 6.45) is 4.41. The van der Waals surface area contributed by atoms with Crippen LogP contribution in [-0.2, 0) is 22.5 Å². The Morgan fingerprint density at radius 1 is 1.30 bits per heavy atom. The van der Waals surface area contributed by atoms with E-state index in [1.807, 2.05) is 6.07 Å². The lowest BCUT2D eigenvalue weighted by Crippen LogP contribution is -2.43. The number of aryl methyl sites for hydroxylation is 1. The molecule has 27 heavy (non-hydrogen) atoms. The summed E-state index contributed by atoms with van der Waals surface area (Å²) in [5.41, 5.74) is 1.32. The van der Waals surface area contributed by atoms with Crippen LogP contribution in [0.2, 0.25) is 0 Å². The van der Waals surface area contributed by atoms with Crippen molar-refractivity contribution in [3.8, 4) is 0 Å². The molecule has 1 saturated heterocycles. The molecule has 0 aliphatic carbocycles. The van der Waals surface area contributed by atoms with Gasteiger partial charge in [0.2, 0.25) is 5.91 Å². The molecule has 2 aromatic rings. The van der Waals surface area contributed by atoms with E-state index in [4.69, 9.17) is 4.74 Å². The number of thiophene rings is 1. The lowest BCUT2D eigenvalue weighted by molar-refractivity contribution is -0.123. The van der Waals surface area contributed by atoms with Gasteiger partial charge in [-0.2, -0.15) is 0 Å². The Morgan fingerprint density at radius 3 is 2.85 bits per heavy atom. The van der Waals surface area contributed by atoms with Crippen molar-refractivity contribution in [1.82, 2.24) is 10.2 Å². The van der Waals surface area contributed by atoms with Gasteiger partial charge in [-0.15, -0.1) is 11.3 Å². The monoisotopic (exact) mass is 386 g/mol. The second kappa shape index (κ2) is 10.6. The highest BCUT2D eigenvalue weighted by molar-refractivity contribution is 7.09. The lowest BCUT2D eigenvalue weighted by Gasteiger charge is -2.25. The summed E-state index contributed by atoms with van der Waals surface area (Å²) in [4.78, 5) is 16.1. The number of benzene rings is 1. The number of hydrogen-bond acceptors (Lipinski definition) is 4. The van der Waals surface area contributed by atoms with E-state index < -0.39 is 0 Å². The molecule has 1 aromatic heterocycles. The SMILES string of the molecule is CC(CCc1ccccc1)NC(=O)CN(Cc1cccs1)CC1CCCO1. The molecule has 0 saturated carbocycles. The Morgan fingerprint density at radius 2 is 2.15 bits per heavy atom. The van der Waals surface area contributed by atoms with Gasteiger partial charge < -0.3 is 10.1 Å². The molecule has 0 radical (unpaired) electrons. The van der Waals surface area contributed by atoms with Crippen LogP contribution in [0.15, 0.2) is 47.8 Å². The van der Waals surface area contributed by atoms with Gasteiger partial charge in [-0.25, -0.2) is 0 Å². The van der Waals surface area contributed by atoms with Gasteiger partial charge >= 0.3 is 0 Å². The number of amides is 1. The molecule has 2 heterocycles. The highest BCUT2D eigenvalue weighted by atomic mass is 32.1. The van der Waals surface area contributed by atoms with Crippen molar-refractivity contribution in [3.05, 3.63) is 58.3 Å². The van der Waals surface area contributed by atoms with Crippen molar-refractivity contribution in [2.45, 2.75) is 51.3 Å². The fraction of sp³-hybridized carbons (Fsp3) is 0.500. The van der Waals surface area contributed by atoms with Crippen LogP contribution in [0.5, 0.6) is 0 Å². The van der Waals surface area contributed by atoms with Crippen LogP contribution in [0, 0.1) is 0 Å². The van der Waals surface area contributed by atoms with Crippen LogP contribution in [-0.4, -0.2) is 42.6 Å². The van der Waals surface area contributed by atoms with Gasteiger partial charge in [0, 0.05) is 30.6 Å². The average Bonchev–Trinajstić information content (AvgIpc) is 3.35. The second-order valence-electron chi connectivity index (χ2n) is 7.38. The lowest BCUT2D eigenvalue weighted by atomic mass is 10.1. The minimum Gasteiger partial charge on any atom is -0.377 e. The molecule has 1 N–H and O–H groups in total. The van der Waals surface area contributed by atoms with E-state index in [0.717, 1.165) is 45.4 Å². The molecule has 3 rings (SSSR count). The first kappa shape index (κ1) is 20.1. The van der Waals surface area contributed by atoms with E-state index in [1.165, 1.54) is 10.4 Å². The number of nitrogens with zero attached hydrogens (tertiary/aromatic N) is 1. The first-order chi connectivity index (χ1) is 13.2. The molecule has 1 fully saturated rings. The first-order valence-electron chi connectivity index (χ1n) is 9.88. The number of rotatable bonds is 10. The van der Waals surface area contributed by atoms with E-state index in [1.54, 1.807) is 11.3 Å². The molecule has 2 unspecified atom stereocenters. The topological polar surface area (TPSA) is 41.6 Å². The first-order valence-corrected chi connectivity index (χ1v) is 10.8. The van der Waals surface area contributed by atoms with Crippen LogP contribution in [0.1, 0.15) is 36.6 Å². The van der Waals surface area contributed by atoms with Crippen molar-refractivity contribution in [1.29, 1.82) is 0 Å². The van der Waals surface area contributed by atoms with E-state index in [0.29, 0.717) is 6.54 Å². The predicted molar refractivity (Wildman–Crippen MR) is 111 cm³/mol. The molecule has 2 atom stereocenters. The zero-order valence-corrected chi connectivity index (χ0v) is 16.9. The normalized spacial score (nSPS) is 17.9. The maximum absolute atomic E-state index is 12.6. The van der Waals surface area contributed by atoms with E-state index in [9.17, 15) is 4.79 Å². The molecule has 1 amide bonds. The highest BCUT2D eigenvalue weighted by Gasteiger charge is 2.21. The fourth-order valence-electron chi connectivity index (χ4n) is 3.51. The van der Waals surface area contributed by atoms with E-state index in [-0.39, 0.29) is 18.1 Å². The van der Waals surface area contributed by atoms with Crippen LogP contribution >= 0.6 is 11.3 Å². The van der Waals surface area contributed by atoms with Crippen LogP contribution in [0.25, 0.3) is 0 Å². The van der Waals surface area contributed by atoms with Crippen molar-refractivity contribution < 1.29 is 9.53 Å². The van der Waals surface area contributed by atoms with Crippen molar-refractivity contribution in [3.63, 3.8) is 0 Å². The quantitative estimate of drug-likeness (QED) is 0.674. The predicted octanol–water partition coefficient (Wildman–Crippen LogP) is 3.87. The third-order valence-electron chi connectivity index (χ3n) is 4.93. The highest BCUT2D eigenvalue weighted by Crippen LogP contribution is 2.17. The molecular weight excluding hydrogens is 356 g/mol. The van der Waals surface area contributed by atoms with Gasteiger partial charge in [0.1, 0.15) is 0 Å². The number of carbonyl (C=O) groups is 1. The van der Waals surface area contributed by atoms with Crippen LogP contribution in [0.4, 0.5) is 0 Å². The van der Waals surface area contributed by atoms with Crippen LogP contribution < -0.4 is 5.32 Å². The minimum atomic E-state index is 0.102. The third-order valence-corrected chi connectivity index (χ3v) is 5.79. The maximum atomic E-state index is 12.6. The summed E-state index contributed by atoms with van der Waals surface area (Å²) in [5, 5.41) is 5.26. The molecule has 1 aromatic carbocycles. The number of hydrogen-bond donors (Lipinski definition) is 1. The largest absolute Gasteiger partial charge is 0.377 e. The molecule has 5 heteroatoms. The Hall–Kier alpha value is -1.69. The van der Waals surface area contributed by atoms with E-state index >= 15 is 0 Å². The van der Waals surface area contributed by atoms with Gasteiger partial charge in [-0.3, -0.25) is 9.69 Å². The van der Waals surface area contributed by atoms with Gasteiger partial charge in [-0.05, 0) is 49.6 Å². The van der Waals surface area contributed by atoms with Crippen LogP contribution in [0.3, 0.4) is 0 Å². The Labute approximate surface area is 166 Å². The smallest absolute Gasteiger partial charge is 0.234 e. The molecule has 1 aliphatic rings. The fourth-order valence-corrected chi connectivity index (χ4v) is 4.25. The molecular formula is C22H30N2O2S. The third kappa shape index (κ3) is 7.09.